The number of urea groups is 1. The Hall–Kier alpha value is -3.62. The predicted molar refractivity (Wildman–Crippen MR) is 140 cm³/mol. The van der Waals surface area contributed by atoms with Crippen molar-refractivity contribution in [1.82, 2.24) is 14.9 Å². The Morgan fingerprint density at radius 3 is 2.16 bits per heavy atom. The fourth-order valence-electron chi connectivity index (χ4n) is 4.69. The lowest BCUT2D eigenvalue weighted by atomic mass is 10.0. The Morgan fingerprint density at radius 1 is 0.946 bits per heavy atom. The van der Waals surface area contributed by atoms with Crippen molar-refractivity contribution in [1.29, 1.82) is 0 Å². The molecule has 0 spiro atoms. The first-order valence-electron chi connectivity index (χ1n) is 12.4. The lowest BCUT2D eigenvalue weighted by Gasteiger charge is -2.37. The molecule has 1 aromatic heterocycles. The summed E-state index contributed by atoms with van der Waals surface area (Å²) in [5.74, 6) is 1.31. The van der Waals surface area contributed by atoms with E-state index in [0.29, 0.717) is 37.6 Å². The average molecular weight is 512 g/mol. The third kappa shape index (κ3) is 5.87. The van der Waals surface area contributed by atoms with Crippen molar-refractivity contribution in [2.75, 3.05) is 36.4 Å². The number of nitrogens with one attached hydrogen (secondary N) is 1. The van der Waals surface area contributed by atoms with E-state index in [0.717, 1.165) is 46.0 Å². The molecular formula is C28H32F3N5O. The van der Waals surface area contributed by atoms with Gasteiger partial charge in [-0.15, -0.1) is 0 Å². The monoisotopic (exact) mass is 511 g/mol. The summed E-state index contributed by atoms with van der Waals surface area (Å²) in [4.78, 5) is 26.3. The molecule has 0 unspecified atom stereocenters. The van der Waals surface area contributed by atoms with Gasteiger partial charge in [0.2, 0.25) is 0 Å². The summed E-state index contributed by atoms with van der Waals surface area (Å²) in [7, 11) is 0. The van der Waals surface area contributed by atoms with Gasteiger partial charge in [0.25, 0.3) is 0 Å². The third-order valence-corrected chi connectivity index (χ3v) is 6.65. The van der Waals surface area contributed by atoms with E-state index >= 15 is 0 Å². The van der Waals surface area contributed by atoms with Crippen LogP contribution in [0.2, 0.25) is 0 Å². The molecule has 37 heavy (non-hydrogen) atoms. The van der Waals surface area contributed by atoms with Crippen LogP contribution in [0.1, 0.15) is 47.7 Å². The quantitative estimate of drug-likeness (QED) is 0.431. The summed E-state index contributed by atoms with van der Waals surface area (Å²) in [5, 5.41) is 3.01. The number of piperazine rings is 1. The second-order valence-corrected chi connectivity index (χ2v) is 9.82. The zero-order valence-electron chi connectivity index (χ0n) is 21.8. The van der Waals surface area contributed by atoms with E-state index in [4.69, 9.17) is 4.98 Å². The van der Waals surface area contributed by atoms with Crippen molar-refractivity contribution in [3.8, 4) is 11.4 Å². The SMILES string of the molecule is Cc1ccc(NC(=O)N2CCN(c3nc(-c4ccc(C(F)(F)F)cc4)nc(C)c3C(C)C)CC2)c(C)c1. The van der Waals surface area contributed by atoms with E-state index < -0.39 is 11.7 Å². The molecule has 2 amide bonds. The number of carbonyl (C=O) groups excluding carboxylic acids is 1. The van der Waals surface area contributed by atoms with Crippen LogP contribution in [0.5, 0.6) is 0 Å². The molecule has 1 saturated heterocycles. The van der Waals surface area contributed by atoms with Crippen LogP contribution in [0.15, 0.2) is 42.5 Å². The maximum atomic E-state index is 13.0. The Bertz CT molecular complexity index is 1280. The van der Waals surface area contributed by atoms with Crippen molar-refractivity contribution < 1.29 is 18.0 Å². The minimum atomic E-state index is -4.40. The normalized spacial score (nSPS) is 14.3. The van der Waals surface area contributed by atoms with Crippen LogP contribution in [-0.2, 0) is 6.18 Å². The van der Waals surface area contributed by atoms with Crippen LogP contribution in [0.25, 0.3) is 11.4 Å². The van der Waals surface area contributed by atoms with E-state index in [2.05, 4.69) is 29.0 Å². The Kier molecular flexibility index (Phi) is 7.43. The molecule has 0 aliphatic carbocycles. The van der Waals surface area contributed by atoms with Gasteiger partial charge in [-0.3, -0.25) is 0 Å². The molecule has 0 bridgehead atoms. The molecular weight excluding hydrogens is 479 g/mol. The molecule has 2 heterocycles. The molecule has 1 aliphatic rings. The number of aromatic nitrogens is 2. The summed E-state index contributed by atoms with van der Waals surface area (Å²) >= 11 is 0. The summed E-state index contributed by atoms with van der Waals surface area (Å²) in [6.07, 6.45) is -4.40. The Balaban J connectivity index is 1.53. The summed E-state index contributed by atoms with van der Waals surface area (Å²) in [6, 6.07) is 10.7. The summed E-state index contributed by atoms with van der Waals surface area (Å²) in [5.41, 5.74) is 4.57. The summed E-state index contributed by atoms with van der Waals surface area (Å²) < 4.78 is 39.0. The fraction of sp³-hybridized carbons (Fsp3) is 0.393. The molecule has 1 N–H and O–H groups in total. The van der Waals surface area contributed by atoms with Crippen molar-refractivity contribution in [3.63, 3.8) is 0 Å². The van der Waals surface area contributed by atoms with Crippen molar-refractivity contribution in [2.24, 2.45) is 0 Å². The van der Waals surface area contributed by atoms with Gasteiger partial charge < -0.3 is 15.1 Å². The number of carbonyl (C=O) groups is 1. The second-order valence-electron chi connectivity index (χ2n) is 9.82. The smallest absolute Gasteiger partial charge is 0.353 e. The summed E-state index contributed by atoms with van der Waals surface area (Å²) in [6.45, 7) is 12.2. The molecule has 3 aromatic rings. The first kappa shape index (κ1) is 26.4. The number of rotatable bonds is 4. The number of alkyl halides is 3. The maximum Gasteiger partial charge on any atom is 0.416 e. The highest BCUT2D eigenvalue weighted by molar-refractivity contribution is 5.90. The number of hydrogen-bond donors (Lipinski definition) is 1. The Morgan fingerprint density at radius 2 is 1.59 bits per heavy atom. The minimum Gasteiger partial charge on any atom is -0.353 e. The van der Waals surface area contributed by atoms with Crippen molar-refractivity contribution >= 4 is 17.5 Å². The fourth-order valence-corrected chi connectivity index (χ4v) is 4.69. The van der Waals surface area contributed by atoms with E-state index in [1.165, 1.54) is 12.1 Å². The highest BCUT2D eigenvalue weighted by atomic mass is 19.4. The Labute approximate surface area is 215 Å². The van der Waals surface area contributed by atoms with Gasteiger partial charge in [0.05, 0.1) is 5.56 Å². The molecule has 9 heteroatoms. The molecule has 1 aliphatic heterocycles. The van der Waals surface area contributed by atoms with Gasteiger partial charge >= 0.3 is 12.2 Å². The minimum absolute atomic E-state index is 0.139. The molecule has 0 radical (unpaired) electrons. The zero-order chi connectivity index (χ0) is 26.9. The number of hydrogen-bond acceptors (Lipinski definition) is 4. The largest absolute Gasteiger partial charge is 0.416 e. The second kappa shape index (κ2) is 10.4. The number of benzene rings is 2. The number of nitrogens with zero attached hydrogens (tertiary/aromatic N) is 4. The van der Waals surface area contributed by atoms with Crippen LogP contribution in [0.4, 0.5) is 29.5 Å². The van der Waals surface area contributed by atoms with Gasteiger partial charge in [0, 0.05) is 48.7 Å². The lowest BCUT2D eigenvalue weighted by Crippen LogP contribution is -2.50. The number of anilines is 2. The van der Waals surface area contributed by atoms with E-state index in [1.54, 1.807) is 4.90 Å². The van der Waals surface area contributed by atoms with Crippen molar-refractivity contribution in [3.05, 3.63) is 70.4 Å². The highest BCUT2D eigenvalue weighted by Gasteiger charge is 2.30. The van der Waals surface area contributed by atoms with Crippen molar-refractivity contribution in [2.45, 2.75) is 46.7 Å². The van der Waals surface area contributed by atoms with Crippen LogP contribution in [-0.4, -0.2) is 47.1 Å². The molecule has 6 nitrogen and oxygen atoms in total. The molecule has 4 rings (SSSR count). The van der Waals surface area contributed by atoms with Gasteiger partial charge in [-0.1, -0.05) is 43.7 Å². The van der Waals surface area contributed by atoms with E-state index in [9.17, 15) is 18.0 Å². The molecule has 1 fully saturated rings. The average Bonchev–Trinajstić information content (AvgIpc) is 2.84. The third-order valence-electron chi connectivity index (χ3n) is 6.65. The zero-order valence-corrected chi connectivity index (χ0v) is 21.8. The van der Waals surface area contributed by atoms with Crippen LogP contribution in [0.3, 0.4) is 0 Å². The van der Waals surface area contributed by atoms with Crippen LogP contribution >= 0.6 is 0 Å². The molecule has 2 aromatic carbocycles. The van der Waals surface area contributed by atoms with Gasteiger partial charge in [-0.25, -0.2) is 14.8 Å². The number of amides is 2. The first-order valence-corrected chi connectivity index (χ1v) is 12.4. The van der Waals surface area contributed by atoms with Crippen LogP contribution in [0, 0.1) is 20.8 Å². The number of aryl methyl sites for hydroxylation is 3. The standard InChI is InChI=1S/C28H32F3N5O/c1-17(2)24-20(5)32-25(21-7-9-22(10-8-21)28(29,30)31)34-26(24)35-12-14-36(15-13-35)27(37)33-23-11-6-18(3)16-19(23)4/h6-11,16-17H,12-15H2,1-5H3,(H,33,37). The van der Waals surface area contributed by atoms with Gasteiger partial charge in [-0.05, 0) is 50.5 Å². The highest BCUT2D eigenvalue weighted by Crippen LogP contribution is 2.33. The molecule has 196 valence electrons. The van der Waals surface area contributed by atoms with Crippen LogP contribution < -0.4 is 10.2 Å². The molecule has 0 saturated carbocycles. The lowest BCUT2D eigenvalue weighted by molar-refractivity contribution is -0.137. The predicted octanol–water partition coefficient (Wildman–Crippen LogP) is 6.57. The first-order chi connectivity index (χ1) is 17.4. The number of halogens is 3. The molecule has 0 atom stereocenters. The van der Waals surface area contributed by atoms with E-state index in [1.807, 2.05) is 39.0 Å². The topological polar surface area (TPSA) is 61.4 Å². The van der Waals surface area contributed by atoms with Gasteiger partial charge in [0.1, 0.15) is 5.82 Å². The van der Waals surface area contributed by atoms with E-state index in [-0.39, 0.29) is 11.9 Å². The van der Waals surface area contributed by atoms with Gasteiger partial charge in [-0.2, -0.15) is 13.2 Å². The maximum absolute atomic E-state index is 13.0. The van der Waals surface area contributed by atoms with Gasteiger partial charge in [0.15, 0.2) is 5.82 Å².